The van der Waals surface area contributed by atoms with Crippen molar-refractivity contribution in [2.45, 2.75) is 46.1 Å². The van der Waals surface area contributed by atoms with Crippen molar-refractivity contribution in [2.75, 3.05) is 11.9 Å². The van der Waals surface area contributed by atoms with Gasteiger partial charge in [0.1, 0.15) is 0 Å². The van der Waals surface area contributed by atoms with Gasteiger partial charge in [0.2, 0.25) is 0 Å². The summed E-state index contributed by atoms with van der Waals surface area (Å²) >= 11 is 3.67. The van der Waals surface area contributed by atoms with Crippen LogP contribution in [0.15, 0.2) is 30.3 Å². The second-order valence-corrected chi connectivity index (χ2v) is 5.63. The maximum Gasteiger partial charge on any atom is 0.0717 e. The van der Waals surface area contributed by atoms with Crippen LogP contribution in [0, 0.1) is 5.41 Å². The van der Waals surface area contributed by atoms with Gasteiger partial charge in [0, 0.05) is 10.7 Å². The number of hydrogen-bond acceptors (Lipinski definition) is 1. The lowest BCUT2D eigenvalue weighted by Gasteiger charge is -2.30. The Kier molecular flexibility index (Phi) is 7.60. The van der Waals surface area contributed by atoms with E-state index in [0.717, 1.165) is 18.5 Å². The zero-order valence-electron chi connectivity index (χ0n) is 11.6. The Morgan fingerprint density at radius 2 is 1.89 bits per heavy atom. The normalized spacial score (nSPS) is 14.4. The molecule has 18 heavy (non-hydrogen) atoms. The number of benzene rings is 1. The Balaban J connectivity index is 2.42. The molecule has 0 bridgehead atoms. The highest BCUT2D eigenvalue weighted by Gasteiger charge is 2.26. The molecule has 0 fully saturated rings. The standard InChI is InChI=1S/C16H25BrO/c1-3-5-11-16(4-2,13-17)14-18-12-15-9-7-6-8-10-15/h6-10H,3-5,11-14H2,1-2H3. The molecule has 1 aromatic rings. The summed E-state index contributed by atoms with van der Waals surface area (Å²) < 4.78 is 5.93. The van der Waals surface area contributed by atoms with E-state index in [4.69, 9.17) is 4.74 Å². The molecule has 1 nitrogen and oxygen atoms in total. The van der Waals surface area contributed by atoms with Gasteiger partial charge in [-0.1, -0.05) is 73.0 Å². The summed E-state index contributed by atoms with van der Waals surface area (Å²) in [5, 5.41) is 1.03. The maximum atomic E-state index is 5.93. The molecule has 0 aliphatic heterocycles. The highest BCUT2D eigenvalue weighted by atomic mass is 79.9. The molecule has 102 valence electrons. The van der Waals surface area contributed by atoms with Crippen LogP contribution in [0.2, 0.25) is 0 Å². The van der Waals surface area contributed by atoms with Crippen LogP contribution >= 0.6 is 15.9 Å². The van der Waals surface area contributed by atoms with Crippen LogP contribution in [-0.4, -0.2) is 11.9 Å². The van der Waals surface area contributed by atoms with Gasteiger partial charge in [-0.2, -0.15) is 0 Å². The monoisotopic (exact) mass is 312 g/mol. The minimum atomic E-state index is 0.310. The molecular weight excluding hydrogens is 288 g/mol. The topological polar surface area (TPSA) is 9.23 Å². The molecule has 2 heteroatoms. The molecule has 1 rings (SSSR count). The molecule has 0 saturated heterocycles. The van der Waals surface area contributed by atoms with E-state index in [1.165, 1.54) is 31.2 Å². The minimum Gasteiger partial charge on any atom is -0.376 e. The Hall–Kier alpha value is -0.340. The molecule has 0 heterocycles. The van der Waals surface area contributed by atoms with Crippen molar-refractivity contribution in [1.29, 1.82) is 0 Å². The fraction of sp³-hybridized carbons (Fsp3) is 0.625. The molecule has 1 atom stereocenters. The molecule has 0 saturated carbocycles. The summed E-state index contributed by atoms with van der Waals surface area (Å²) in [7, 11) is 0. The number of rotatable bonds is 9. The van der Waals surface area contributed by atoms with Gasteiger partial charge in [0.05, 0.1) is 13.2 Å². The maximum absolute atomic E-state index is 5.93. The largest absolute Gasteiger partial charge is 0.376 e. The fourth-order valence-corrected chi connectivity index (χ4v) is 2.90. The van der Waals surface area contributed by atoms with Crippen molar-refractivity contribution in [3.8, 4) is 0 Å². The van der Waals surface area contributed by atoms with Crippen LogP contribution in [0.4, 0.5) is 0 Å². The first kappa shape index (κ1) is 15.7. The first-order valence-corrected chi connectivity index (χ1v) is 8.06. The Morgan fingerprint density at radius 3 is 2.44 bits per heavy atom. The number of hydrogen-bond donors (Lipinski definition) is 0. The summed E-state index contributed by atoms with van der Waals surface area (Å²) in [5.41, 5.74) is 1.57. The lowest BCUT2D eigenvalue weighted by Crippen LogP contribution is -2.28. The molecule has 0 aliphatic rings. The highest BCUT2D eigenvalue weighted by molar-refractivity contribution is 9.09. The van der Waals surface area contributed by atoms with E-state index in [1.807, 2.05) is 6.07 Å². The summed E-state index contributed by atoms with van der Waals surface area (Å²) in [6.07, 6.45) is 4.97. The predicted molar refractivity (Wildman–Crippen MR) is 82.1 cm³/mol. The van der Waals surface area contributed by atoms with Gasteiger partial charge in [-0.05, 0) is 18.4 Å². The predicted octanol–water partition coefficient (Wildman–Crippen LogP) is 5.18. The average molecular weight is 313 g/mol. The number of ether oxygens (including phenoxy) is 1. The van der Waals surface area contributed by atoms with Crippen molar-refractivity contribution >= 4 is 15.9 Å². The molecule has 0 N–H and O–H groups in total. The molecule has 0 spiro atoms. The average Bonchev–Trinajstić information content (AvgIpc) is 2.44. The van der Waals surface area contributed by atoms with Crippen molar-refractivity contribution < 1.29 is 4.74 Å². The molecular formula is C16H25BrO. The van der Waals surface area contributed by atoms with Crippen LogP contribution in [0.25, 0.3) is 0 Å². The summed E-state index contributed by atoms with van der Waals surface area (Å²) in [4.78, 5) is 0. The van der Waals surface area contributed by atoms with Gasteiger partial charge < -0.3 is 4.74 Å². The molecule has 0 aliphatic carbocycles. The van der Waals surface area contributed by atoms with Crippen LogP contribution in [0.5, 0.6) is 0 Å². The summed E-state index contributed by atoms with van der Waals surface area (Å²) in [5.74, 6) is 0. The molecule has 0 radical (unpaired) electrons. The molecule has 1 aromatic carbocycles. The van der Waals surface area contributed by atoms with Crippen molar-refractivity contribution in [1.82, 2.24) is 0 Å². The van der Waals surface area contributed by atoms with Crippen molar-refractivity contribution in [2.24, 2.45) is 5.41 Å². The SMILES string of the molecule is CCCCC(CC)(CBr)COCc1ccccc1. The van der Waals surface area contributed by atoms with Gasteiger partial charge in [0.25, 0.3) is 0 Å². The Morgan fingerprint density at radius 1 is 1.17 bits per heavy atom. The van der Waals surface area contributed by atoms with Crippen LogP contribution in [-0.2, 0) is 11.3 Å². The van der Waals surface area contributed by atoms with Gasteiger partial charge in [-0.3, -0.25) is 0 Å². The third-order valence-corrected chi connectivity index (χ3v) is 4.80. The van der Waals surface area contributed by atoms with E-state index >= 15 is 0 Å². The zero-order chi connectivity index (χ0) is 13.3. The fourth-order valence-electron chi connectivity index (χ4n) is 2.06. The van der Waals surface area contributed by atoms with Crippen molar-refractivity contribution in [3.05, 3.63) is 35.9 Å². The summed E-state index contributed by atoms with van der Waals surface area (Å²) in [6.45, 7) is 6.09. The van der Waals surface area contributed by atoms with E-state index in [0.29, 0.717) is 5.41 Å². The summed E-state index contributed by atoms with van der Waals surface area (Å²) in [6, 6.07) is 10.4. The first-order chi connectivity index (χ1) is 8.76. The smallest absolute Gasteiger partial charge is 0.0717 e. The molecule has 0 amide bonds. The Bertz CT molecular complexity index is 306. The van der Waals surface area contributed by atoms with E-state index in [-0.39, 0.29) is 0 Å². The van der Waals surface area contributed by atoms with Gasteiger partial charge >= 0.3 is 0 Å². The first-order valence-electron chi connectivity index (χ1n) is 6.94. The van der Waals surface area contributed by atoms with E-state index in [2.05, 4.69) is 54.0 Å². The van der Waals surface area contributed by atoms with Gasteiger partial charge in [-0.25, -0.2) is 0 Å². The lowest BCUT2D eigenvalue weighted by atomic mass is 9.83. The highest BCUT2D eigenvalue weighted by Crippen LogP contribution is 2.31. The minimum absolute atomic E-state index is 0.310. The zero-order valence-corrected chi connectivity index (χ0v) is 13.2. The third-order valence-electron chi connectivity index (χ3n) is 3.61. The van der Waals surface area contributed by atoms with E-state index < -0.39 is 0 Å². The third kappa shape index (κ3) is 5.11. The second-order valence-electron chi connectivity index (χ2n) is 5.07. The van der Waals surface area contributed by atoms with Crippen molar-refractivity contribution in [3.63, 3.8) is 0 Å². The number of alkyl halides is 1. The lowest BCUT2D eigenvalue weighted by molar-refractivity contribution is 0.0376. The molecule has 0 aromatic heterocycles. The van der Waals surface area contributed by atoms with Crippen LogP contribution in [0.1, 0.15) is 45.1 Å². The number of halogens is 1. The quantitative estimate of drug-likeness (QED) is 0.570. The Labute approximate surface area is 120 Å². The van der Waals surface area contributed by atoms with Gasteiger partial charge in [-0.15, -0.1) is 0 Å². The second kappa shape index (κ2) is 8.71. The number of unbranched alkanes of at least 4 members (excludes halogenated alkanes) is 1. The van der Waals surface area contributed by atoms with Gasteiger partial charge in [0.15, 0.2) is 0 Å². The van der Waals surface area contributed by atoms with E-state index in [1.54, 1.807) is 0 Å². The molecule has 1 unspecified atom stereocenters. The van der Waals surface area contributed by atoms with E-state index in [9.17, 15) is 0 Å². The van der Waals surface area contributed by atoms with Crippen LogP contribution < -0.4 is 0 Å². The van der Waals surface area contributed by atoms with Crippen LogP contribution in [0.3, 0.4) is 0 Å².